The number of esters is 1. The summed E-state index contributed by atoms with van der Waals surface area (Å²) in [6.07, 6.45) is 0.785. The van der Waals surface area contributed by atoms with Crippen LogP contribution in [0.25, 0.3) is 0 Å². The summed E-state index contributed by atoms with van der Waals surface area (Å²) in [5.74, 6) is -0.719. The third kappa shape index (κ3) is 2.45. The molecule has 2 unspecified atom stereocenters. The zero-order valence-electron chi connectivity index (χ0n) is 8.95. The van der Waals surface area contributed by atoms with E-state index >= 15 is 0 Å². The van der Waals surface area contributed by atoms with Crippen LogP contribution in [-0.2, 0) is 14.3 Å². The van der Waals surface area contributed by atoms with Gasteiger partial charge in [0.25, 0.3) is 0 Å². The zero-order valence-corrected chi connectivity index (χ0v) is 8.95. The molecule has 82 valence electrons. The minimum atomic E-state index is -0.443. The van der Waals surface area contributed by atoms with Gasteiger partial charge in [-0.2, -0.15) is 0 Å². The normalized spacial score (nSPS) is 27.3. The van der Waals surface area contributed by atoms with E-state index in [4.69, 9.17) is 9.84 Å². The maximum atomic E-state index is 11.3. The second-order valence-corrected chi connectivity index (χ2v) is 4.35. The van der Waals surface area contributed by atoms with Crippen LogP contribution in [0.5, 0.6) is 0 Å². The second-order valence-electron chi connectivity index (χ2n) is 4.35. The third-order valence-electron chi connectivity index (χ3n) is 2.71. The Labute approximate surface area is 84.2 Å². The monoisotopic (exact) mass is 202 g/mol. The lowest BCUT2D eigenvalue weighted by Gasteiger charge is -2.19. The van der Waals surface area contributed by atoms with Crippen molar-refractivity contribution in [3.05, 3.63) is 0 Å². The van der Waals surface area contributed by atoms with Crippen molar-refractivity contribution >= 4 is 5.97 Å². The lowest BCUT2D eigenvalue weighted by atomic mass is 9.87. The first-order chi connectivity index (χ1) is 6.50. The van der Waals surface area contributed by atoms with E-state index in [1.54, 1.807) is 0 Å². The predicted octanol–water partition coefficient (Wildman–Crippen LogP) is 0.583. The molecule has 1 saturated heterocycles. The van der Waals surface area contributed by atoms with E-state index in [-0.39, 0.29) is 24.1 Å². The van der Waals surface area contributed by atoms with Crippen molar-refractivity contribution < 1.29 is 19.4 Å². The molecule has 0 aromatic heterocycles. The van der Waals surface area contributed by atoms with Gasteiger partial charge in [-0.3, -0.25) is 4.79 Å². The fourth-order valence-electron chi connectivity index (χ4n) is 1.91. The molecule has 0 saturated carbocycles. The highest BCUT2D eigenvalue weighted by Crippen LogP contribution is 2.34. The Morgan fingerprint density at radius 3 is 2.71 bits per heavy atom. The molecule has 4 nitrogen and oxygen atoms in total. The number of ether oxygens (including phenoxy) is 2. The Bertz CT molecular complexity index is 212. The summed E-state index contributed by atoms with van der Waals surface area (Å²) >= 11 is 0. The molecule has 4 heteroatoms. The highest BCUT2D eigenvalue weighted by atomic mass is 16.5. The molecule has 0 spiro atoms. The molecule has 0 radical (unpaired) electrons. The molecule has 1 heterocycles. The van der Waals surface area contributed by atoms with E-state index in [0.717, 1.165) is 6.42 Å². The smallest absolute Gasteiger partial charge is 0.311 e. The van der Waals surface area contributed by atoms with Crippen LogP contribution in [0, 0.1) is 11.8 Å². The largest absolute Gasteiger partial charge is 0.469 e. The molecule has 2 atom stereocenters. The first-order valence-corrected chi connectivity index (χ1v) is 4.83. The Hall–Kier alpha value is -0.610. The van der Waals surface area contributed by atoms with Crippen LogP contribution in [0.3, 0.4) is 0 Å². The first-order valence-electron chi connectivity index (χ1n) is 4.83. The molecular weight excluding hydrogens is 184 g/mol. The van der Waals surface area contributed by atoms with Crippen LogP contribution in [-0.4, -0.2) is 37.0 Å². The quantitative estimate of drug-likeness (QED) is 0.680. The molecule has 0 aliphatic carbocycles. The number of aliphatic hydroxyl groups is 1. The van der Waals surface area contributed by atoms with E-state index in [1.807, 2.05) is 13.8 Å². The van der Waals surface area contributed by atoms with Gasteiger partial charge in [-0.05, 0) is 20.3 Å². The molecule has 0 aromatic carbocycles. The SMILES string of the molecule is COC(=O)C(CO)C1COC(C)(C)C1. The number of hydrogen-bond acceptors (Lipinski definition) is 4. The van der Waals surface area contributed by atoms with Crippen LogP contribution in [0.2, 0.25) is 0 Å². The minimum Gasteiger partial charge on any atom is -0.469 e. The van der Waals surface area contributed by atoms with Crippen molar-refractivity contribution in [2.75, 3.05) is 20.3 Å². The maximum Gasteiger partial charge on any atom is 0.311 e. The topological polar surface area (TPSA) is 55.8 Å². The molecule has 1 N–H and O–H groups in total. The summed E-state index contributed by atoms with van der Waals surface area (Å²) in [6, 6.07) is 0. The van der Waals surface area contributed by atoms with Gasteiger partial charge in [0.15, 0.2) is 0 Å². The fraction of sp³-hybridized carbons (Fsp3) is 0.900. The van der Waals surface area contributed by atoms with Crippen molar-refractivity contribution in [2.24, 2.45) is 11.8 Å². The zero-order chi connectivity index (χ0) is 10.8. The van der Waals surface area contributed by atoms with Gasteiger partial charge in [-0.25, -0.2) is 0 Å². The van der Waals surface area contributed by atoms with Gasteiger partial charge in [0.1, 0.15) is 0 Å². The van der Waals surface area contributed by atoms with Crippen LogP contribution in [0.15, 0.2) is 0 Å². The Balaban J connectivity index is 2.59. The molecule has 0 aromatic rings. The predicted molar refractivity (Wildman–Crippen MR) is 50.7 cm³/mol. The summed E-state index contributed by atoms with van der Waals surface area (Å²) in [4.78, 5) is 11.3. The molecule has 14 heavy (non-hydrogen) atoms. The van der Waals surface area contributed by atoms with Gasteiger partial charge < -0.3 is 14.6 Å². The number of rotatable bonds is 3. The standard InChI is InChI=1S/C10H18O4/c1-10(2)4-7(6-14-10)8(5-11)9(12)13-3/h7-8,11H,4-6H2,1-3H3. The second kappa shape index (κ2) is 4.28. The fourth-order valence-corrected chi connectivity index (χ4v) is 1.91. The molecule has 1 fully saturated rings. The number of carbonyl (C=O) groups excluding carboxylic acids is 1. The van der Waals surface area contributed by atoms with Gasteiger partial charge in [-0.15, -0.1) is 0 Å². The Morgan fingerprint density at radius 2 is 2.36 bits per heavy atom. The lowest BCUT2D eigenvalue weighted by molar-refractivity contribution is -0.149. The van der Waals surface area contributed by atoms with Gasteiger partial charge in [-0.1, -0.05) is 0 Å². The van der Waals surface area contributed by atoms with Crippen molar-refractivity contribution in [1.82, 2.24) is 0 Å². The molecule has 1 aliphatic heterocycles. The number of aliphatic hydroxyl groups excluding tert-OH is 1. The van der Waals surface area contributed by atoms with E-state index in [0.29, 0.717) is 6.61 Å². The molecule has 1 aliphatic rings. The summed E-state index contributed by atoms with van der Waals surface area (Å²) in [6.45, 7) is 4.32. The third-order valence-corrected chi connectivity index (χ3v) is 2.71. The molecule has 0 amide bonds. The summed E-state index contributed by atoms with van der Waals surface area (Å²) in [7, 11) is 1.34. The van der Waals surface area contributed by atoms with Crippen LogP contribution in [0.1, 0.15) is 20.3 Å². The van der Waals surface area contributed by atoms with Crippen molar-refractivity contribution in [3.8, 4) is 0 Å². The first kappa shape index (κ1) is 11.5. The summed E-state index contributed by atoms with van der Waals surface area (Å²) in [5.41, 5.74) is -0.188. The van der Waals surface area contributed by atoms with Crippen molar-refractivity contribution in [1.29, 1.82) is 0 Å². The molecule has 0 bridgehead atoms. The Morgan fingerprint density at radius 1 is 1.71 bits per heavy atom. The number of hydrogen-bond donors (Lipinski definition) is 1. The highest BCUT2D eigenvalue weighted by Gasteiger charge is 2.39. The Kier molecular flexibility index (Phi) is 3.50. The van der Waals surface area contributed by atoms with Crippen LogP contribution in [0.4, 0.5) is 0 Å². The van der Waals surface area contributed by atoms with Gasteiger partial charge in [0.05, 0.1) is 31.8 Å². The van der Waals surface area contributed by atoms with Crippen molar-refractivity contribution in [2.45, 2.75) is 25.9 Å². The summed E-state index contributed by atoms with van der Waals surface area (Å²) in [5, 5.41) is 9.10. The van der Waals surface area contributed by atoms with Gasteiger partial charge in [0.2, 0.25) is 0 Å². The average Bonchev–Trinajstić information content (AvgIpc) is 2.47. The maximum absolute atomic E-state index is 11.3. The van der Waals surface area contributed by atoms with E-state index in [1.165, 1.54) is 7.11 Å². The van der Waals surface area contributed by atoms with E-state index in [2.05, 4.69) is 4.74 Å². The van der Waals surface area contributed by atoms with Gasteiger partial charge >= 0.3 is 5.97 Å². The molecule has 1 rings (SSSR count). The van der Waals surface area contributed by atoms with Crippen LogP contribution >= 0.6 is 0 Å². The average molecular weight is 202 g/mol. The van der Waals surface area contributed by atoms with Gasteiger partial charge in [0, 0.05) is 5.92 Å². The highest BCUT2D eigenvalue weighted by molar-refractivity contribution is 5.72. The van der Waals surface area contributed by atoms with Crippen LogP contribution < -0.4 is 0 Å². The molecular formula is C10H18O4. The lowest BCUT2D eigenvalue weighted by Crippen LogP contribution is -2.29. The number of methoxy groups -OCH3 is 1. The minimum absolute atomic E-state index is 0.0717. The van der Waals surface area contributed by atoms with Crippen molar-refractivity contribution in [3.63, 3.8) is 0 Å². The van der Waals surface area contributed by atoms with E-state index in [9.17, 15) is 4.79 Å². The number of carbonyl (C=O) groups is 1. The summed E-state index contributed by atoms with van der Waals surface area (Å²) < 4.78 is 10.1. The van der Waals surface area contributed by atoms with E-state index < -0.39 is 5.92 Å².